The molecule has 1 heterocycles. The van der Waals surface area contributed by atoms with E-state index < -0.39 is 5.82 Å². The van der Waals surface area contributed by atoms with Crippen LogP contribution in [0, 0.1) is 12.7 Å². The van der Waals surface area contributed by atoms with Crippen LogP contribution in [0.1, 0.15) is 15.9 Å². The lowest BCUT2D eigenvalue weighted by Gasteiger charge is -2.27. The number of benzene rings is 2. The first-order chi connectivity index (χ1) is 10.6. The molecular formula is C18H19FN2O. The largest absolute Gasteiger partial charge is 0.336 e. The molecule has 2 aromatic rings. The summed E-state index contributed by atoms with van der Waals surface area (Å²) in [6.07, 6.45) is 0. The number of nitrogens with zero attached hydrogens (tertiary/aromatic N) is 1. The van der Waals surface area contributed by atoms with E-state index >= 15 is 0 Å². The minimum Gasteiger partial charge on any atom is -0.336 e. The minimum atomic E-state index is -0.457. The third-order valence-corrected chi connectivity index (χ3v) is 3.99. The minimum absolute atomic E-state index is 0.151. The van der Waals surface area contributed by atoms with Crippen LogP contribution >= 0.6 is 0 Å². The van der Waals surface area contributed by atoms with Gasteiger partial charge in [-0.05, 0) is 30.2 Å². The zero-order chi connectivity index (χ0) is 15.5. The second kappa shape index (κ2) is 6.28. The highest BCUT2D eigenvalue weighted by Crippen LogP contribution is 2.23. The summed E-state index contributed by atoms with van der Waals surface area (Å²) in [5.41, 5.74) is 3.05. The topological polar surface area (TPSA) is 32.3 Å². The zero-order valence-electron chi connectivity index (χ0n) is 12.6. The third-order valence-electron chi connectivity index (χ3n) is 3.99. The maximum Gasteiger partial charge on any atom is 0.256 e. The quantitative estimate of drug-likeness (QED) is 0.924. The van der Waals surface area contributed by atoms with Crippen LogP contribution in [0.4, 0.5) is 4.39 Å². The first-order valence-electron chi connectivity index (χ1n) is 7.52. The van der Waals surface area contributed by atoms with Gasteiger partial charge < -0.3 is 10.2 Å². The van der Waals surface area contributed by atoms with E-state index in [4.69, 9.17) is 0 Å². The Hall–Kier alpha value is -2.20. The number of hydrogen-bond donors (Lipinski definition) is 1. The summed E-state index contributed by atoms with van der Waals surface area (Å²) in [7, 11) is 0. The molecule has 4 heteroatoms. The number of nitrogens with one attached hydrogen (secondary N) is 1. The summed E-state index contributed by atoms with van der Waals surface area (Å²) < 4.78 is 14.4. The van der Waals surface area contributed by atoms with E-state index in [9.17, 15) is 9.18 Å². The molecule has 1 saturated heterocycles. The Morgan fingerprint density at radius 1 is 1.05 bits per heavy atom. The molecule has 0 unspecified atom stereocenters. The molecule has 0 bridgehead atoms. The summed E-state index contributed by atoms with van der Waals surface area (Å²) in [6.45, 7) is 4.78. The number of carbonyl (C=O) groups excluding carboxylic acids is 1. The summed E-state index contributed by atoms with van der Waals surface area (Å²) in [4.78, 5) is 14.1. The SMILES string of the molecule is Cc1ccc(-c2ccc(C(=O)N3CCNCC3)c(F)c2)cc1. The number of piperazine rings is 1. The fourth-order valence-electron chi connectivity index (χ4n) is 2.65. The van der Waals surface area contributed by atoms with E-state index in [2.05, 4.69) is 5.32 Å². The standard InChI is InChI=1S/C18H19FN2O/c1-13-2-4-14(5-3-13)15-6-7-16(17(19)12-15)18(22)21-10-8-20-9-11-21/h2-7,12,20H,8-11H2,1H3. The molecule has 2 aromatic carbocycles. The lowest BCUT2D eigenvalue weighted by molar-refractivity contribution is 0.0731. The Morgan fingerprint density at radius 2 is 1.68 bits per heavy atom. The van der Waals surface area contributed by atoms with Gasteiger partial charge in [0.25, 0.3) is 5.91 Å². The molecule has 0 aromatic heterocycles. The van der Waals surface area contributed by atoms with Gasteiger partial charge in [-0.15, -0.1) is 0 Å². The first-order valence-corrected chi connectivity index (χ1v) is 7.52. The third kappa shape index (κ3) is 3.02. The Labute approximate surface area is 129 Å². The van der Waals surface area contributed by atoms with Crippen molar-refractivity contribution in [2.45, 2.75) is 6.92 Å². The fourth-order valence-corrected chi connectivity index (χ4v) is 2.65. The Balaban J connectivity index is 1.85. The molecule has 0 atom stereocenters. The molecule has 1 aliphatic heterocycles. The summed E-state index contributed by atoms with van der Waals surface area (Å²) in [6, 6.07) is 12.8. The average molecular weight is 298 g/mol. The van der Waals surface area contributed by atoms with Crippen molar-refractivity contribution in [2.24, 2.45) is 0 Å². The lowest BCUT2D eigenvalue weighted by atomic mass is 10.0. The maximum atomic E-state index is 14.4. The van der Waals surface area contributed by atoms with Gasteiger partial charge in [-0.2, -0.15) is 0 Å². The molecular weight excluding hydrogens is 279 g/mol. The summed E-state index contributed by atoms with van der Waals surface area (Å²) in [5, 5.41) is 3.18. The smallest absolute Gasteiger partial charge is 0.256 e. The maximum absolute atomic E-state index is 14.4. The van der Waals surface area contributed by atoms with Crippen LogP contribution in [0.3, 0.4) is 0 Å². The first kappa shape index (κ1) is 14.7. The number of amides is 1. The highest BCUT2D eigenvalue weighted by molar-refractivity contribution is 5.95. The van der Waals surface area contributed by atoms with Gasteiger partial charge in [0.15, 0.2) is 0 Å². The number of rotatable bonds is 2. The predicted molar refractivity (Wildman–Crippen MR) is 85.3 cm³/mol. The van der Waals surface area contributed by atoms with Crippen molar-refractivity contribution in [3.8, 4) is 11.1 Å². The van der Waals surface area contributed by atoms with E-state index in [-0.39, 0.29) is 11.5 Å². The normalized spacial score (nSPS) is 14.9. The van der Waals surface area contributed by atoms with Gasteiger partial charge in [0.05, 0.1) is 5.56 Å². The fraction of sp³-hybridized carbons (Fsp3) is 0.278. The molecule has 1 aliphatic rings. The van der Waals surface area contributed by atoms with E-state index in [1.807, 2.05) is 37.3 Å². The van der Waals surface area contributed by atoms with Gasteiger partial charge in [0.2, 0.25) is 0 Å². The zero-order valence-corrected chi connectivity index (χ0v) is 12.6. The Kier molecular flexibility index (Phi) is 4.20. The van der Waals surface area contributed by atoms with Crippen molar-refractivity contribution >= 4 is 5.91 Å². The number of carbonyl (C=O) groups is 1. The number of halogens is 1. The van der Waals surface area contributed by atoms with Crippen LogP contribution in [-0.4, -0.2) is 37.0 Å². The van der Waals surface area contributed by atoms with E-state index in [1.54, 1.807) is 11.0 Å². The molecule has 22 heavy (non-hydrogen) atoms. The van der Waals surface area contributed by atoms with E-state index in [1.165, 1.54) is 6.07 Å². The van der Waals surface area contributed by atoms with E-state index in [0.29, 0.717) is 13.1 Å². The van der Waals surface area contributed by atoms with Crippen molar-refractivity contribution in [1.29, 1.82) is 0 Å². The second-order valence-corrected chi connectivity index (χ2v) is 5.60. The van der Waals surface area contributed by atoms with Crippen LogP contribution in [0.5, 0.6) is 0 Å². The molecule has 3 rings (SSSR count). The van der Waals surface area contributed by atoms with Crippen LogP contribution in [0.25, 0.3) is 11.1 Å². The molecule has 114 valence electrons. The van der Waals surface area contributed by atoms with Crippen LogP contribution < -0.4 is 5.32 Å². The van der Waals surface area contributed by atoms with E-state index in [0.717, 1.165) is 29.8 Å². The Bertz CT molecular complexity index is 676. The lowest BCUT2D eigenvalue weighted by Crippen LogP contribution is -2.46. The van der Waals surface area contributed by atoms with Crippen molar-refractivity contribution in [1.82, 2.24) is 10.2 Å². The predicted octanol–water partition coefficient (Wildman–Crippen LogP) is 2.85. The van der Waals surface area contributed by atoms with Crippen LogP contribution in [0.2, 0.25) is 0 Å². The van der Waals surface area contributed by atoms with Gasteiger partial charge in [0.1, 0.15) is 5.82 Å². The van der Waals surface area contributed by atoms with Gasteiger partial charge in [-0.25, -0.2) is 4.39 Å². The van der Waals surface area contributed by atoms with Crippen LogP contribution in [-0.2, 0) is 0 Å². The highest BCUT2D eigenvalue weighted by Gasteiger charge is 2.21. The summed E-state index contributed by atoms with van der Waals surface area (Å²) in [5.74, 6) is -0.684. The summed E-state index contributed by atoms with van der Waals surface area (Å²) >= 11 is 0. The van der Waals surface area contributed by atoms with Crippen LogP contribution in [0.15, 0.2) is 42.5 Å². The molecule has 0 spiro atoms. The number of hydrogen-bond acceptors (Lipinski definition) is 2. The highest BCUT2D eigenvalue weighted by atomic mass is 19.1. The second-order valence-electron chi connectivity index (χ2n) is 5.60. The molecule has 0 saturated carbocycles. The van der Waals surface area contributed by atoms with Gasteiger partial charge >= 0.3 is 0 Å². The molecule has 3 nitrogen and oxygen atoms in total. The van der Waals surface area contributed by atoms with Crippen molar-refractivity contribution in [2.75, 3.05) is 26.2 Å². The Morgan fingerprint density at radius 3 is 2.32 bits per heavy atom. The molecule has 1 N–H and O–H groups in total. The molecule has 0 radical (unpaired) electrons. The monoisotopic (exact) mass is 298 g/mol. The van der Waals surface area contributed by atoms with Gasteiger partial charge in [0, 0.05) is 26.2 Å². The molecule has 0 aliphatic carbocycles. The van der Waals surface area contributed by atoms with Crippen molar-refractivity contribution < 1.29 is 9.18 Å². The van der Waals surface area contributed by atoms with Crippen molar-refractivity contribution in [3.05, 3.63) is 59.4 Å². The number of aryl methyl sites for hydroxylation is 1. The van der Waals surface area contributed by atoms with Crippen molar-refractivity contribution in [3.63, 3.8) is 0 Å². The van der Waals surface area contributed by atoms with Gasteiger partial charge in [-0.1, -0.05) is 35.9 Å². The van der Waals surface area contributed by atoms with Gasteiger partial charge in [-0.3, -0.25) is 4.79 Å². The molecule has 1 amide bonds. The average Bonchev–Trinajstić information content (AvgIpc) is 2.56. The molecule has 1 fully saturated rings.